The molecule has 5 rings (SSSR count). The van der Waals surface area contributed by atoms with E-state index in [1.54, 1.807) is 18.5 Å². The number of amides is 2. The van der Waals surface area contributed by atoms with E-state index >= 15 is 0 Å². The SMILES string of the molecule is N#CC1=CC(c2cc(NC3CCN(C(=O)Nc4cccnc4)CC3)c3cnccc3c2)CC=C1. The van der Waals surface area contributed by atoms with Crippen LogP contribution >= 0.6 is 0 Å². The Morgan fingerprint density at radius 3 is 2.76 bits per heavy atom. The quantitative estimate of drug-likeness (QED) is 0.567. The Bertz CT molecular complexity index is 1290. The van der Waals surface area contributed by atoms with E-state index in [2.05, 4.69) is 44.9 Å². The first-order valence-electron chi connectivity index (χ1n) is 11.6. The zero-order chi connectivity index (χ0) is 23.3. The van der Waals surface area contributed by atoms with Crippen molar-refractivity contribution < 1.29 is 4.79 Å². The average Bonchev–Trinajstić information content (AvgIpc) is 2.89. The number of piperidine rings is 1. The fraction of sp³-hybridized carbons (Fsp3) is 0.259. The molecule has 2 amide bonds. The Morgan fingerprint density at radius 2 is 1.97 bits per heavy atom. The second-order valence-corrected chi connectivity index (χ2v) is 8.72. The second-order valence-electron chi connectivity index (χ2n) is 8.72. The molecule has 1 aliphatic heterocycles. The van der Waals surface area contributed by atoms with Gasteiger partial charge in [0.2, 0.25) is 0 Å². The topological polar surface area (TPSA) is 93.9 Å². The van der Waals surface area contributed by atoms with Crippen LogP contribution in [0.25, 0.3) is 10.8 Å². The van der Waals surface area contributed by atoms with Crippen LogP contribution < -0.4 is 10.6 Å². The molecule has 0 radical (unpaired) electrons. The highest BCUT2D eigenvalue weighted by molar-refractivity contribution is 5.94. The lowest BCUT2D eigenvalue weighted by atomic mass is 9.88. The summed E-state index contributed by atoms with van der Waals surface area (Å²) in [6, 6.07) is 12.5. The highest BCUT2D eigenvalue weighted by Gasteiger charge is 2.24. The number of fused-ring (bicyclic) bond motifs is 1. The molecule has 7 heteroatoms. The third kappa shape index (κ3) is 4.76. The number of aromatic nitrogens is 2. The Balaban J connectivity index is 1.29. The van der Waals surface area contributed by atoms with E-state index in [0.29, 0.717) is 24.4 Å². The van der Waals surface area contributed by atoms with Gasteiger partial charge in [0.15, 0.2) is 0 Å². The predicted octanol–water partition coefficient (Wildman–Crippen LogP) is 5.23. The zero-order valence-electron chi connectivity index (χ0n) is 18.8. The number of hydrogen-bond acceptors (Lipinski definition) is 5. The molecule has 1 aromatic carbocycles. The largest absolute Gasteiger partial charge is 0.382 e. The number of carbonyl (C=O) groups excluding carboxylic acids is 1. The third-order valence-corrected chi connectivity index (χ3v) is 6.46. The molecule has 2 aromatic heterocycles. The number of benzene rings is 1. The molecule has 0 saturated carbocycles. The molecular formula is C27H26N6O. The van der Waals surface area contributed by atoms with Crippen molar-refractivity contribution in [2.45, 2.75) is 31.2 Å². The summed E-state index contributed by atoms with van der Waals surface area (Å²) in [7, 11) is 0. The van der Waals surface area contributed by atoms with Gasteiger partial charge in [0, 0.05) is 60.3 Å². The van der Waals surface area contributed by atoms with Crippen molar-refractivity contribution in [2.24, 2.45) is 0 Å². The van der Waals surface area contributed by atoms with E-state index < -0.39 is 0 Å². The first kappa shape index (κ1) is 21.7. The molecule has 1 fully saturated rings. The molecule has 2 aliphatic rings. The summed E-state index contributed by atoms with van der Waals surface area (Å²) in [5.41, 5.74) is 3.65. The van der Waals surface area contributed by atoms with Gasteiger partial charge in [0.05, 0.1) is 18.0 Å². The van der Waals surface area contributed by atoms with Gasteiger partial charge < -0.3 is 15.5 Å². The molecule has 0 spiro atoms. The van der Waals surface area contributed by atoms with Crippen molar-refractivity contribution in [2.75, 3.05) is 23.7 Å². The summed E-state index contributed by atoms with van der Waals surface area (Å²) in [5, 5.41) is 18.2. The van der Waals surface area contributed by atoms with Crippen molar-refractivity contribution in [3.8, 4) is 6.07 Å². The maximum Gasteiger partial charge on any atom is 0.321 e. The first-order valence-corrected chi connectivity index (χ1v) is 11.6. The minimum atomic E-state index is -0.0893. The van der Waals surface area contributed by atoms with Crippen molar-refractivity contribution in [3.63, 3.8) is 0 Å². The predicted molar refractivity (Wildman–Crippen MR) is 133 cm³/mol. The van der Waals surface area contributed by atoms with Crippen molar-refractivity contribution >= 4 is 28.2 Å². The van der Waals surface area contributed by atoms with Crippen LogP contribution in [0.2, 0.25) is 0 Å². The number of nitriles is 1. The second kappa shape index (κ2) is 9.75. The minimum Gasteiger partial charge on any atom is -0.382 e. The molecular weight excluding hydrogens is 424 g/mol. The van der Waals surface area contributed by atoms with Gasteiger partial charge in [-0.15, -0.1) is 0 Å². The van der Waals surface area contributed by atoms with Gasteiger partial charge in [0.25, 0.3) is 0 Å². The summed E-state index contributed by atoms with van der Waals surface area (Å²) in [6.45, 7) is 1.36. The van der Waals surface area contributed by atoms with E-state index in [-0.39, 0.29) is 18.0 Å². The lowest BCUT2D eigenvalue weighted by Crippen LogP contribution is -2.44. The number of carbonyl (C=O) groups is 1. The van der Waals surface area contributed by atoms with Gasteiger partial charge in [-0.2, -0.15) is 5.26 Å². The number of nitrogens with one attached hydrogen (secondary N) is 2. The number of anilines is 2. The normalized spacial score (nSPS) is 18.3. The van der Waals surface area contributed by atoms with E-state index in [1.165, 1.54) is 5.56 Å². The van der Waals surface area contributed by atoms with Crippen LogP contribution in [0.5, 0.6) is 0 Å². The van der Waals surface area contributed by atoms with Crippen molar-refractivity contribution in [1.82, 2.24) is 14.9 Å². The maximum atomic E-state index is 12.6. The Morgan fingerprint density at radius 1 is 1.12 bits per heavy atom. The van der Waals surface area contributed by atoms with Crippen LogP contribution in [-0.2, 0) is 0 Å². The molecule has 3 aromatic rings. The van der Waals surface area contributed by atoms with Crippen LogP contribution in [-0.4, -0.2) is 40.0 Å². The summed E-state index contributed by atoms with van der Waals surface area (Å²) in [5.74, 6) is 0.177. The number of likely N-dealkylation sites (tertiary alicyclic amines) is 1. The van der Waals surface area contributed by atoms with Gasteiger partial charge in [0.1, 0.15) is 0 Å². The number of hydrogen-bond donors (Lipinski definition) is 2. The fourth-order valence-corrected chi connectivity index (χ4v) is 4.63. The minimum absolute atomic E-state index is 0.0893. The molecule has 1 atom stereocenters. The lowest BCUT2D eigenvalue weighted by Gasteiger charge is -2.33. The number of rotatable bonds is 4. The van der Waals surface area contributed by atoms with Crippen molar-refractivity contribution in [1.29, 1.82) is 5.26 Å². The van der Waals surface area contributed by atoms with Gasteiger partial charge in [-0.25, -0.2) is 4.79 Å². The maximum absolute atomic E-state index is 12.6. The third-order valence-electron chi connectivity index (χ3n) is 6.46. The van der Waals surface area contributed by atoms with Crippen LogP contribution in [0, 0.1) is 11.3 Å². The Kier molecular flexibility index (Phi) is 6.21. The van der Waals surface area contributed by atoms with Crippen LogP contribution in [0.1, 0.15) is 30.7 Å². The molecule has 3 heterocycles. The van der Waals surface area contributed by atoms with Gasteiger partial charge >= 0.3 is 6.03 Å². The average molecular weight is 451 g/mol. The summed E-state index contributed by atoms with van der Waals surface area (Å²) < 4.78 is 0. The molecule has 1 saturated heterocycles. The number of allylic oxidation sites excluding steroid dienone is 4. The van der Waals surface area contributed by atoms with E-state index in [1.807, 2.05) is 41.6 Å². The van der Waals surface area contributed by atoms with Crippen LogP contribution in [0.15, 0.2) is 78.9 Å². The Hall–Kier alpha value is -4.18. The highest BCUT2D eigenvalue weighted by atomic mass is 16.2. The Labute approximate surface area is 198 Å². The molecule has 7 nitrogen and oxygen atoms in total. The van der Waals surface area contributed by atoms with Gasteiger partial charge in [-0.05, 0) is 60.6 Å². The van der Waals surface area contributed by atoms with Crippen molar-refractivity contribution in [3.05, 3.63) is 84.5 Å². The summed E-state index contributed by atoms with van der Waals surface area (Å²) >= 11 is 0. The van der Waals surface area contributed by atoms with E-state index in [9.17, 15) is 10.1 Å². The molecule has 0 bridgehead atoms. The summed E-state index contributed by atoms with van der Waals surface area (Å²) in [6.07, 6.45) is 15.6. The highest BCUT2D eigenvalue weighted by Crippen LogP contribution is 2.34. The molecule has 2 N–H and O–H groups in total. The van der Waals surface area contributed by atoms with E-state index in [0.717, 1.165) is 35.7 Å². The lowest BCUT2D eigenvalue weighted by molar-refractivity contribution is 0.197. The monoisotopic (exact) mass is 450 g/mol. The molecule has 1 aliphatic carbocycles. The fourth-order valence-electron chi connectivity index (χ4n) is 4.63. The zero-order valence-corrected chi connectivity index (χ0v) is 18.8. The number of urea groups is 1. The first-order chi connectivity index (χ1) is 16.7. The molecule has 34 heavy (non-hydrogen) atoms. The van der Waals surface area contributed by atoms with E-state index in [4.69, 9.17) is 0 Å². The summed E-state index contributed by atoms with van der Waals surface area (Å²) in [4.78, 5) is 22.8. The smallest absolute Gasteiger partial charge is 0.321 e. The van der Waals surface area contributed by atoms with Gasteiger partial charge in [-0.3, -0.25) is 9.97 Å². The molecule has 170 valence electrons. The van der Waals surface area contributed by atoms with Crippen LogP contribution in [0.3, 0.4) is 0 Å². The standard InChI is InChI=1S/C27H26N6O/c28-16-19-3-1-4-20(13-19)22-14-21-6-10-30-18-25(21)26(15-22)31-23-7-11-33(12-8-23)27(34)32-24-5-2-9-29-17-24/h1-3,5-6,9-10,13-15,17-18,20,23,31H,4,7-8,11-12H2,(H,32,34). The molecule has 1 unspecified atom stereocenters. The number of nitrogens with zero attached hydrogens (tertiary/aromatic N) is 4. The van der Waals surface area contributed by atoms with Crippen LogP contribution in [0.4, 0.5) is 16.2 Å². The number of pyridine rings is 2. The van der Waals surface area contributed by atoms with Gasteiger partial charge in [-0.1, -0.05) is 18.2 Å².